The molecule has 0 bridgehead atoms. The van der Waals surface area contributed by atoms with Gasteiger partial charge >= 0.3 is 11.9 Å². The van der Waals surface area contributed by atoms with E-state index in [1.54, 1.807) is 0 Å². The summed E-state index contributed by atoms with van der Waals surface area (Å²) in [5, 5.41) is 17.9. The molecule has 0 spiro atoms. The van der Waals surface area contributed by atoms with E-state index >= 15 is 0 Å². The summed E-state index contributed by atoms with van der Waals surface area (Å²) in [6.07, 6.45) is 1.40. The van der Waals surface area contributed by atoms with Crippen LogP contribution in [0.5, 0.6) is 0 Å². The van der Waals surface area contributed by atoms with Crippen LogP contribution in [0.2, 0.25) is 0 Å². The zero-order chi connectivity index (χ0) is 14.0. The highest BCUT2D eigenvalue weighted by Gasteiger charge is 2.12. The van der Waals surface area contributed by atoms with Gasteiger partial charge in [0.2, 0.25) is 5.56 Å². The second kappa shape index (κ2) is 4.77. The number of carboxylic acids is 2. The van der Waals surface area contributed by atoms with Crippen LogP contribution < -0.4 is 5.56 Å². The molecule has 6 heteroatoms. The fraction of sp³-hybridized carbons (Fsp3) is 0. The molecular weight excluding hydrogens is 250 g/mol. The molecule has 2 rings (SSSR count). The number of aromatic amines is 1. The Morgan fingerprint density at radius 1 is 0.895 bits per heavy atom. The van der Waals surface area contributed by atoms with Crippen molar-refractivity contribution in [1.29, 1.82) is 0 Å². The third kappa shape index (κ3) is 2.68. The van der Waals surface area contributed by atoms with E-state index in [9.17, 15) is 14.4 Å². The van der Waals surface area contributed by atoms with Crippen molar-refractivity contribution in [1.82, 2.24) is 4.98 Å². The summed E-state index contributed by atoms with van der Waals surface area (Å²) in [6, 6.07) is 6.55. The second-order valence-electron chi connectivity index (χ2n) is 3.85. The molecule has 6 nitrogen and oxygen atoms in total. The SMILES string of the molecule is O=C(O)c1cc(C(=O)O)cc(-c2ccc(=O)[nH]c2)c1. The summed E-state index contributed by atoms with van der Waals surface area (Å²) in [6.45, 7) is 0. The number of carbonyl (C=O) groups is 2. The van der Waals surface area contributed by atoms with Crippen LogP contribution in [-0.4, -0.2) is 27.1 Å². The average Bonchev–Trinajstić information content (AvgIpc) is 2.39. The average molecular weight is 259 g/mol. The maximum Gasteiger partial charge on any atom is 0.335 e. The van der Waals surface area contributed by atoms with Gasteiger partial charge < -0.3 is 15.2 Å². The molecule has 0 aliphatic heterocycles. The molecule has 0 radical (unpaired) electrons. The van der Waals surface area contributed by atoms with Crippen molar-refractivity contribution < 1.29 is 19.8 Å². The number of hydrogen-bond acceptors (Lipinski definition) is 3. The minimum absolute atomic E-state index is 0.124. The molecule has 1 heterocycles. The quantitative estimate of drug-likeness (QED) is 0.773. The van der Waals surface area contributed by atoms with Crippen LogP contribution >= 0.6 is 0 Å². The third-order valence-electron chi connectivity index (χ3n) is 2.54. The molecule has 1 aromatic carbocycles. The molecule has 3 N–H and O–H groups in total. The van der Waals surface area contributed by atoms with E-state index in [2.05, 4.69) is 4.98 Å². The van der Waals surface area contributed by atoms with Crippen molar-refractivity contribution in [3.05, 3.63) is 58.0 Å². The van der Waals surface area contributed by atoms with Crippen LogP contribution in [0.15, 0.2) is 41.3 Å². The molecule has 1 aromatic heterocycles. The van der Waals surface area contributed by atoms with Crippen molar-refractivity contribution in [3.8, 4) is 11.1 Å². The first kappa shape index (κ1) is 12.6. The fourth-order valence-corrected chi connectivity index (χ4v) is 1.63. The lowest BCUT2D eigenvalue weighted by molar-refractivity contribution is 0.0696. The zero-order valence-electron chi connectivity index (χ0n) is 9.58. The lowest BCUT2D eigenvalue weighted by Crippen LogP contribution is -2.04. The number of aromatic carboxylic acids is 2. The Balaban J connectivity index is 2.62. The van der Waals surface area contributed by atoms with Crippen molar-refractivity contribution in [2.75, 3.05) is 0 Å². The van der Waals surface area contributed by atoms with E-state index in [1.807, 2.05) is 0 Å². The van der Waals surface area contributed by atoms with Gasteiger partial charge in [-0.25, -0.2) is 9.59 Å². The van der Waals surface area contributed by atoms with E-state index in [-0.39, 0.29) is 16.7 Å². The van der Waals surface area contributed by atoms with Gasteiger partial charge in [0.25, 0.3) is 0 Å². The van der Waals surface area contributed by atoms with Crippen molar-refractivity contribution in [2.45, 2.75) is 0 Å². The Morgan fingerprint density at radius 2 is 1.47 bits per heavy atom. The summed E-state index contributed by atoms with van der Waals surface area (Å²) in [7, 11) is 0. The van der Waals surface area contributed by atoms with Crippen LogP contribution in [0.25, 0.3) is 11.1 Å². The first-order valence-corrected chi connectivity index (χ1v) is 5.28. The van der Waals surface area contributed by atoms with Gasteiger partial charge in [-0.3, -0.25) is 4.79 Å². The maximum atomic E-state index is 11.0. The van der Waals surface area contributed by atoms with Gasteiger partial charge in [-0.1, -0.05) is 0 Å². The van der Waals surface area contributed by atoms with Gasteiger partial charge in [-0.15, -0.1) is 0 Å². The lowest BCUT2D eigenvalue weighted by Gasteiger charge is -2.05. The van der Waals surface area contributed by atoms with E-state index in [0.717, 1.165) is 6.07 Å². The Hall–Kier alpha value is -2.89. The summed E-state index contributed by atoms with van der Waals surface area (Å²) in [4.78, 5) is 35.3. The van der Waals surface area contributed by atoms with Crippen molar-refractivity contribution in [3.63, 3.8) is 0 Å². The van der Waals surface area contributed by atoms with Gasteiger partial charge in [0.15, 0.2) is 0 Å². The normalized spacial score (nSPS) is 10.1. The van der Waals surface area contributed by atoms with E-state index in [1.165, 1.54) is 30.5 Å². The van der Waals surface area contributed by atoms with Gasteiger partial charge in [-0.2, -0.15) is 0 Å². The van der Waals surface area contributed by atoms with Crippen molar-refractivity contribution in [2.24, 2.45) is 0 Å². The second-order valence-corrected chi connectivity index (χ2v) is 3.85. The smallest absolute Gasteiger partial charge is 0.335 e. The molecule has 19 heavy (non-hydrogen) atoms. The minimum Gasteiger partial charge on any atom is -0.478 e. The Kier molecular flexibility index (Phi) is 3.15. The fourth-order valence-electron chi connectivity index (χ4n) is 1.63. The number of aromatic nitrogens is 1. The molecule has 96 valence electrons. The highest BCUT2D eigenvalue weighted by molar-refractivity contribution is 5.96. The first-order valence-electron chi connectivity index (χ1n) is 5.28. The standard InChI is InChI=1S/C13H9NO5/c15-11-2-1-7(6-14-11)8-3-9(12(16)17)5-10(4-8)13(18)19/h1-6H,(H,14,15)(H,16,17)(H,18,19). The number of nitrogens with one attached hydrogen (secondary N) is 1. The zero-order valence-corrected chi connectivity index (χ0v) is 9.58. The summed E-state index contributed by atoms with van der Waals surface area (Å²) >= 11 is 0. The van der Waals surface area contributed by atoms with E-state index in [0.29, 0.717) is 11.1 Å². The van der Waals surface area contributed by atoms with Gasteiger partial charge in [0.1, 0.15) is 0 Å². The van der Waals surface area contributed by atoms with Crippen molar-refractivity contribution >= 4 is 11.9 Å². The molecule has 2 aromatic rings. The molecule has 0 saturated heterocycles. The largest absolute Gasteiger partial charge is 0.478 e. The number of benzene rings is 1. The van der Waals surface area contributed by atoms with Crippen LogP contribution in [0, 0.1) is 0 Å². The number of pyridine rings is 1. The highest BCUT2D eigenvalue weighted by atomic mass is 16.4. The molecular formula is C13H9NO5. The Labute approximate surface area is 107 Å². The van der Waals surface area contributed by atoms with E-state index < -0.39 is 11.9 Å². The van der Waals surface area contributed by atoms with Crippen LogP contribution in [-0.2, 0) is 0 Å². The van der Waals surface area contributed by atoms with Gasteiger partial charge in [0.05, 0.1) is 11.1 Å². The lowest BCUT2D eigenvalue weighted by atomic mass is 10.0. The maximum absolute atomic E-state index is 11.0. The number of hydrogen-bond donors (Lipinski definition) is 3. The van der Waals surface area contributed by atoms with Crippen LogP contribution in [0.3, 0.4) is 0 Å². The first-order chi connectivity index (χ1) is 8.97. The Bertz CT molecular complexity index is 664. The summed E-state index contributed by atoms with van der Waals surface area (Å²) < 4.78 is 0. The predicted octanol–water partition coefficient (Wildman–Crippen LogP) is 1.44. The molecule has 0 aliphatic carbocycles. The predicted molar refractivity (Wildman–Crippen MR) is 66.4 cm³/mol. The molecule has 0 unspecified atom stereocenters. The van der Waals surface area contributed by atoms with Gasteiger partial charge in [-0.05, 0) is 35.4 Å². The summed E-state index contributed by atoms with van der Waals surface area (Å²) in [5.74, 6) is -2.43. The molecule has 0 aliphatic rings. The van der Waals surface area contributed by atoms with Crippen LogP contribution in [0.4, 0.5) is 0 Å². The number of carboxylic acid groups (broad SMARTS) is 2. The Morgan fingerprint density at radius 3 is 1.89 bits per heavy atom. The third-order valence-corrected chi connectivity index (χ3v) is 2.54. The van der Waals surface area contributed by atoms with Crippen LogP contribution in [0.1, 0.15) is 20.7 Å². The topological polar surface area (TPSA) is 107 Å². The monoisotopic (exact) mass is 259 g/mol. The minimum atomic E-state index is -1.21. The summed E-state index contributed by atoms with van der Waals surface area (Å²) in [5.41, 5.74) is 0.401. The molecule has 0 fully saturated rings. The molecule has 0 saturated carbocycles. The molecule has 0 atom stereocenters. The highest BCUT2D eigenvalue weighted by Crippen LogP contribution is 2.21. The molecule has 0 amide bonds. The number of rotatable bonds is 3. The van der Waals surface area contributed by atoms with Gasteiger partial charge in [0, 0.05) is 12.3 Å². The number of H-pyrrole nitrogens is 1. The van der Waals surface area contributed by atoms with E-state index in [4.69, 9.17) is 10.2 Å².